The van der Waals surface area contributed by atoms with E-state index in [9.17, 15) is 15.0 Å². The molecule has 0 aliphatic carbocycles. The van der Waals surface area contributed by atoms with E-state index in [1.165, 1.54) is 116 Å². The summed E-state index contributed by atoms with van der Waals surface area (Å²) < 4.78 is 5.24. The Morgan fingerprint density at radius 3 is 1.28 bits per heavy atom. The van der Waals surface area contributed by atoms with Gasteiger partial charge in [0.25, 0.3) is 0 Å². The normalized spacial score (nSPS) is 13.2. The van der Waals surface area contributed by atoms with Gasteiger partial charge in [-0.2, -0.15) is 0 Å². The lowest BCUT2D eigenvalue weighted by atomic mass is 10.0. The molecule has 39 heavy (non-hydrogen) atoms. The van der Waals surface area contributed by atoms with Crippen molar-refractivity contribution in [3.05, 3.63) is 0 Å². The van der Waals surface area contributed by atoms with Crippen LogP contribution in [0.4, 0.5) is 0 Å². The molecule has 0 saturated heterocycles. The molecule has 0 radical (unpaired) electrons. The van der Waals surface area contributed by atoms with Gasteiger partial charge in [0.2, 0.25) is 0 Å². The smallest absolute Gasteiger partial charge is 0.307 e. The Morgan fingerprint density at radius 2 is 0.923 bits per heavy atom. The summed E-state index contributed by atoms with van der Waals surface area (Å²) in [5, 5.41) is 21.4. The lowest BCUT2D eigenvalue weighted by molar-refractivity contribution is -0.144. The molecular weight excluding hydrogens is 486 g/mol. The minimum absolute atomic E-state index is 0.185. The topological polar surface area (TPSA) is 70.0 Å². The molecule has 234 valence electrons. The van der Waals surface area contributed by atoms with E-state index in [1.54, 1.807) is 0 Å². The zero-order chi connectivity index (χ0) is 28.8. The van der Waals surface area contributed by atoms with Crippen LogP contribution < -0.4 is 0 Å². The standard InChI is InChI=1S/C34H69NO4/c1-4-7-9-11-13-15-17-19-21-23-25-32(36)30-35(28-27-34(38)39-29-6-3)31-33(37)26-24-22-20-18-16-14-12-10-8-5-2/h32-33,36-37H,4-31H2,1-3H3. The van der Waals surface area contributed by atoms with Crippen LogP contribution in [0.3, 0.4) is 0 Å². The number of nitrogens with zero attached hydrogens (tertiary/aromatic N) is 1. The Balaban J connectivity index is 4.18. The van der Waals surface area contributed by atoms with Crippen LogP contribution in [-0.2, 0) is 9.53 Å². The molecule has 2 atom stereocenters. The Morgan fingerprint density at radius 1 is 0.564 bits per heavy atom. The summed E-state index contributed by atoms with van der Waals surface area (Å²) in [6.07, 6.45) is 27.7. The molecule has 2 N–H and O–H groups in total. The molecule has 0 aliphatic heterocycles. The van der Waals surface area contributed by atoms with E-state index in [4.69, 9.17) is 4.74 Å². The Labute approximate surface area is 243 Å². The molecule has 0 aromatic carbocycles. The maximum Gasteiger partial charge on any atom is 0.307 e. The second kappa shape index (κ2) is 30.3. The third-order valence-corrected chi connectivity index (χ3v) is 7.82. The van der Waals surface area contributed by atoms with Gasteiger partial charge in [-0.15, -0.1) is 0 Å². The maximum atomic E-state index is 12.0. The van der Waals surface area contributed by atoms with E-state index >= 15 is 0 Å². The third-order valence-electron chi connectivity index (χ3n) is 7.82. The van der Waals surface area contributed by atoms with Gasteiger partial charge in [0.1, 0.15) is 0 Å². The first kappa shape index (κ1) is 38.4. The first-order chi connectivity index (χ1) is 19.0. The molecule has 0 aromatic rings. The average Bonchev–Trinajstić information content (AvgIpc) is 2.92. The summed E-state index contributed by atoms with van der Waals surface area (Å²) in [6.45, 7) is 8.55. The molecule has 2 unspecified atom stereocenters. The molecular formula is C34H69NO4. The fraction of sp³-hybridized carbons (Fsp3) is 0.971. The predicted octanol–water partition coefficient (Wildman–Crippen LogP) is 8.98. The van der Waals surface area contributed by atoms with Crippen molar-refractivity contribution in [1.82, 2.24) is 4.90 Å². The van der Waals surface area contributed by atoms with E-state index in [-0.39, 0.29) is 5.97 Å². The minimum atomic E-state index is -0.407. The molecule has 5 heteroatoms. The van der Waals surface area contributed by atoms with Gasteiger partial charge >= 0.3 is 5.97 Å². The minimum Gasteiger partial charge on any atom is -0.466 e. The van der Waals surface area contributed by atoms with Crippen molar-refractivity contribution in [3.63, 3.8) is 0 Å². The van der Waals surface area contributed by atoms with Crippen molar-refractivity contribution in [2.75, 3.05) is 26.2 Å². The number of rotatable bonds is 31. The number of carbonyl (C=O) groups is 1. The number of hydrogen-bond donors (Lipinski definition) is 2. The predicted molar refractivity (Wildman–Crippen MR) is 167 cm³/mol. The van der Waals surface area contributed by atoms with Crippen LogP contribution >= 0.6 is 0 Å². The second-order valence-electron chi connectivity index (χ2n) is 12.0. The van der Waals surface area contributed by atoms with Crippen LogP contribution in [0.5, 0.6) is 0 Å². The summed E-state index contributed by atoms with van der Waals surface area (Å²) in [4.78, 5) is 14.1. The molecule has 0 rings (SSSR count). The first-order valence-electron chi connectivity index (χ1n) is 17.3. The molecule has 0 amide bonds. The highest BCUT2D eigenvalue weighted by Crippen LogP contribution is 2.15. The van der Waals surface area contributed by atoms with Crippen LogP contribution in [0.25, 0.3) is 0 Å². The van der Waals surface area contributed by atoms with E-state index in [0.717, 1.165) is 32.1 Å². The van der Waals surface area contributed by atoms with Gasteiger partial charge in [-0.3, -0.25) is 9.69 Å². The quantitative estimate of drug-likeness (QED) is 0.0660. The van der Waals surface area contributed by atoms with Crippen molar-refractivity contribution in [2.24, 2.45) is 0 Å². The number of aliphatic hydroxyl groups excluding tert-OH is 2. The lowest BCUT2D eigenvalue weighted by Crippen LogP contribution is -2.39. The van der Waals surface area contributed by atoms with Gasteiger partial charge in [0.05, 0.1) is 25.2 Å². The van der Waals surface area contributed by atoms with E-state index < -0.39 is 12.2 Å². The van der Waals surface area contributed by atoms with Crippen molar-refractivity contribution in [3.8, 4) is 0 Å². The Hall–Kier alpha value is -0.650. The maximum absolute atomic E-state index is 12.0. The van der Waals surface area contributed by atoms with Crippen LogP contribution in [0.2, 0.25) is 0 Å². The van der Waals surface area contributed by atoms with Crippen LogP contribution in [0, 0.1) is 0 Å². The molecule has 0 spiro atoms. The molecule has 0 heterocycles. The third kappa shape index (κ3) is 28.7. The SMILES string of the molecule is CCCCCCCCCCCCC(O)CN(CCC(=O)OCCC)CC(O)CCCCCCCCCCCC. The van der Waals surface area contributed by atoms with Crippen LogP contribution in [-0.4, -0.2) is 59.5 Å². The van der Waals surface area contributed by atoms with Gasteiger partial charge in [-0.1, -0.05) is 149 Å². The summed E-state index contributed by atoms with van der Waals surface area (Å²) in [7, 11) is 0. The van der Waals surface area contributed by atoms with Crippen molar-refractivity contribution in [1.29, 1.82) is 0 Å². The van der Waals surface area contributed by atoms with E-state index in [0.29, 0.717) is 32.7 Å². The number of unbranched alkanes of at least 4 members (excludes halogenated alkanes) is 18. The highest BCUT2D eigenvalue weighted by molar-refractivity contribution is 5.69. The lowest BCUT2D eigenvalue weighted by Gasteiger charge is -2.27. The molecule has 0 aromatic heterocycles. The number of ether oxygens (including phenoxy) is 1. The monoisotopic (exact) mass is 556 g/mol. The molecule has 5 nitrogen and oxygen atoms in total. The van der Waals surface area contributed by atoms with Gasteiger partial charge in [-0.25, -0.2) is 0 Å². The number of carbonyl (C=O) groups excluding carboxylic acids is 1. The van der Waals surface area contributed by atoms with Gasteiger partial charge in [-0.05, 0) is 19.3 Å². The zero-order valence-electron chi connectivity index (χ0n) is 26.6. The van der Waals surface area contributed by atoms with E-state index in [1.807, 2.05) is 6.92 Å². The molecule has 0 fully saturated rings. The largest absolute Gasteiger partial charge is 0.466 e. The highest BCUT2D eigenvalue weighted by Gasteiger charge is 2.17. The number of hydrogen-bond acceptors (Lipinski definition) is 5. The van der Waals surface area contributed by atoms with Gasteiger partial charge < -0.3 is 14.9 Å². The summed E-state index contributed by atoms with van der Waals surface area (Å²) in [5.74, 6) is -0.185. The molecule has 0 saturated carbocycles. The van der Waals surface area contributed by atoms with Crippen LogP contribution in [0.15, 0.2) is 0 Å². The zero-order valence-corrected chi connectivity index (χ0v) is 26.6. The van der Waals surface area contributed by atoms with Crippen molar-refractivity contribution < 1.29 is 19.7 Å². The fourth-order valence-corrected chi connectivity index (χ4v) is 5.31. The Bertz CT molecular complexity index is 470. The molecule has 0 bridgehead atoms. The summed E-state index contributed by atoms with van der Waals surface area (Å²) in [5.41, 5.74) is 0. The molecule has 0 aliphatic rings. The van der Waals surface area contributed by atoms with Gasteiger partial charge in [0.15, 0.2) is 0 Å². The fourth-order valence-electron chi connectivity index (χ4n) is 5.31. The van der Waals surface area contributed by atoms with E-state index in [2.05, 4.69) is 18.7 Å². The number of aliphatic hydroxyl groups is 2. The highest BCUT2D eigenvalue weighted by atomic mass is 16.5. The summed E-state index contributed by atoms with van der Waals surface area (Å²) >= 11 is 0. The first-order valence-corrected chi connectivity index (χ1v) is 17.3. The van der Waals surface area contributed by atoms with Gasteiger partial charge in [0, 0.05) is 19.6 Å². The van der Waals surface area contributed by atoms with Crippen molar-refractivity contribution in [2.45, 2.75) is 187 Å². The van der Waals surface area contributed by atoms with Crippen LogP contribution in [0.1, 0.15) is 175 Å². The average molecular weight is 556 g/mol. The number of esters is 1. The van der Waals surface area contributed by atoms with Crippen molar-refractivity contribution >= 4 is 5.97 Å². The second-order valence-corrected chi connectivity index (χ2v) is 12.0. The Kier molecular flexibility index (Phi) is 29.8. The summed E-state index contributed by atoms with van der Waals surface area (Å²) in [6, 6.07) is 0.